The van der Waals surface area contributed by atoms with Crippen molar-refractivity contribution >= 4 is 11.6 Å². The van der Waals surface area contributed by atoms with E-state index in [-0.39, 0.29) is 12.6 Å². The van der Waals surface area contributed by atoms with Crippen LogP contribution < -0.4 is 10.2 Å². The molecule has 0 saturated carbocycles. The molecule has 2 heterocycles. The normalized spacial score (nSPS) is 19.4. The number of rotatable bonds is 6. The van der Waals surface area contributed by atoms with Gasteiger partial charge in [-0.15, -0.1) is 0 Å². The lowest BCUT2D eigenvalue weighted by Gasteiger charge is -2.31. The first-order chi connectivity index (χ1) is 10.3. The highest BCUT2D eigenvalue weighted by molar-refractivity contribution is 5.59. The summed E-state index contributed by atoms with van der Waals surface area (Å²) in [5.74, 6) is 1.97. The highest BCUT2D eigenvalue weighted by Gasteiger charge is 2.25. The average molecular weight is 292 g/mol. The van der Waals surface area contributed by atoms with Crippen LogP contribution in [0.25, 0.3) is 0 Å². The largest absolute Gasteiger partial charge is 0.394 e. The SMILES string of the molecule is CCCc1c(NCC)ncnc1N1CCCCCC1CO. The van der Waals surface area contributed by atoms with Crippen LogP contribution >= 0.6 is 0 Å². The smallest absolute Gasteiger partial charge is 0.137 e. The zero-order valence-corrected chi connectivity index (χ0v) is 13.3. The van der Waals surface area contributed by atoms with Crippen molar-refractivity contribution < 1.29 is 5.11 Å². The molecule has 0 spiro atoms. The van der Waals surface area contributed by atoms with Gasteiger partial charge in [0, 0.05) is 18.7 Å². The lowest BCUT2D eigenvalue weighted by Crippen LogP contribution is -2.39. The van der Waals surface area contributed by atoms with Gasteiger partial charge in [-0.3, -0.25) is 0 Å². The Morgan fingerprint density at radius 1 is 1.29 bits per heavy atom. The Balaban J connectivity index is 2.37. The van der Waals surface area contributed by atoms with Gasteiger partial charge >= 0.3 is 0 Å². The zero-order valence-electron chi connectivity index (χ0n) is 13.3. The van der Waals surface area contributed by atoms with E-state index in [1.54, 1.807) is 6.33 Å². The second kappa shape index (κ2) is 8.17. The molecule has 0 amide bonds. The number of aliphatic hydroxyl groups excluding tert-OH is 1. The van der Waals surface area contributed by atoms with E-state index in [2.05, 4.69) is 34.0 Å². The molecule has 5 heteroatoms. The zero-order chi connectivity index (χ0) is 15.1. The summed E-state index contributed by atoms with van der Waals surface area (Å²) in [6.45, 7) is 6.30. The predicted octanol–water partition coefficient (Wildman–Crippen LogP) is 2.60. The molecule has 0 bridgehead atoms. The number of nitrogens with zero attached hydrogens (tertiary/aromatic N) is 3. The van der Waals surface area contributed by atoms with Crippen LogP contribution in [0.5, 0.6) is 0 Å². The van der Waals surface area contributed by atoms with Crippen molar-refractivity contribution in [1.29, 1.82) is 0 Å². The molecule has 1 aromatic heterocycles. The van der Waals surface area contributed by atoms with E-state index in [1.807, 2.05) is 0 Å². The maximum Gasteiger partial charge on any atom is 0.137 e. The first kappa shape index (κ1) is 16.0. The Kier molecular flexibility index (Phi) is 6.23. The van der Waals surface area contributed by atoms with Gasteiger partial charge < -0.3 is 15.3 Å². The van der Waals surface area contributed by atoms with E-state index in [9.17, 15) is 5.11 Å². The van der Waals surface area contributed by atoms with Crippen molar-refractivity contribution in [2.24, 2.45) is 0 Å². The van der Waals surface area contributed by atoms with Crippen LogP contribution in [-0.4, -0.2) is 40.8 Å². The van der Waals surface area contributed by atoms with Gasteiger partial charge in [0.2, 0.25) is 0 Å². The van der Waals surface area contributed by atoms with Crippen LogP contribution in [0.3, 0.4) is 0 Å². The molecule has 21 heavy (non-hydrogen) atoms. The maximum absolute atomic E-state index is 9.74. The summed E-state index contributed by atoms with van der Waals surface area (Å²) in [6.07, 6.45) is 8.32. The number of hydrogen-bond acceptors (Lipinski definition) is 5. The highest BCUT2D eigenvalue weighted by atomic mass is 16.3. The highest BCUT2D eigenvalue weighted by Crippen LogP contribution is 2.29. The maximum atomic E-state index is 9.74. The first-order valence-corrected chi connectivity index (χ1v) is 8.27. The van der Waals surface area contributed by atoms with Gasteiger partial charge in [0.1, 0.15) is 18.0 Å². The second-order valence-electron chi connectivity index (χ2n) is 5.68. The van der Waals surface area contributed by atoms with Crippen LogP contribution in [0.4, 0.5) is 11.6 Å². The van der Waals surface area contributed by atoms with Gasteiger partial charge in [-0.05, 0) is 26.2 Å². The van der Waals surface area contributed by atoms with Crippen LogP contribution in [0.1, 0.15) is 51.5 Å². The topological polar surface area (TPSA) is 61.3 Å². The number of hydrogen-bond donors (Lipinski definition) is 2. The Labute approximate surface area is 127 Å². The van der Waals surface area contributed by atoms with Crippen molar-refractivity contribution in [3.8, 4) is 0 Å². The van der Waals surface area contributed by atoms with Gasteiger partial charge in [-0.2, -0.15) is 0 Å². The fourth-order valence-electron chi connectivity index (χ4n) is 3.10. The van der Waals surface area contributed by atoms with Crippen molar-refractivity contribution in [2.75, 3.05) is 29.9 Å². The second-order valence-corrected chi connectivity index (χ2v) is 5.68. The van der Waals surface area contributed by atoms with Gasteiger partial charge in [-0.25, -0.2) is 9.97 Å². The van der Waals surface area contributed by atoms with E-state index < -0.39 is 0 Å². The number of aliphatic hydroxyl groups is 1. The molecule has 1 atom stereocenters. The van der Waals surface area contributed by atoms with Gasteiger partial charge in [-0.1, -0.05) is 26.2 Å². The molecule has 1 aromatic rings. The molecule has 5 nitrogen and oxygen atoms in total. The van der Waals surface area contributed by atoms with E-state index in [0.717, 1.165) is 44.0 Å². The Morgan fingerprint density at radius 2 is 2.14 bits per heavy atom. The third-order valence-electron chi connectivity index (χ3n) is 4.13. The van der Waals surface area contributed by atoms with Crippen molar-refractivity contribution in [1.82, 2.24) is 9.97 Å². The summed E-state index contributed by atoms with van der Waals surface area (Å²) in [7, 11) is 0. The molecule has 1 aliphatic rings. The third kappa shape index (κ3) is 3.84. The molecule has 0 aromatic carbocycles. The lowest BCUT2D eigenvalue weighted by atomic mass is 10.1. The molecule has 2 rings (SSSR count). The molecule has 1 saturated heterocycles. The lowest BCUT2D eigenvalue weighted by molar-refractivity contribution is 0.254. The van der Waals surface area contributed by atoms with Crippen LogP contribution in [0.2, 0.25) is 0 Å². The van der Waals surface area contributed by atoms with E-state index in [1.165, 1.54) is 24.8 Å². The predicted molar refractivity (Wildman–Crippen MR) is 86.9 cm³/mol. The Hall–Kier alpha value is -1.36. The molecule has 118 valence electrons. The molecular weight excluding hydrogens is 264 g/mol. The standard InChI is InChI=1S/C16H28N4O/c1-3-8-14-15(17-4-2)18-12-19-16(14)20-10-7-5-6-9-13(20)11-21/h12-13,21H,3-11H2,1-2H3,(H,17,18,19). The summed E-state index contributed by atoms with van der Waals surface area (Å²) in [5.41, 5.74) is 1.20. The summed E-state index contributed by atoms with van der Waals surface area (Å²) in [5, 5.41) is 13.1. The van der Waals surface area contributed by atoms with Crippen LogP contribution in [0.15, 0.2) is 6.33 Å². The minimum absolute atomic E-state index is 0.187. The number of aromatic nitrogens is 2. The molecule has 1 aliphatic heterocycles. The van der Waals surface area contributed by atoms with Crippen molar-refractivity contribution in [3.63, 3.8) is 0 Å². The summed E-state index contributed by atoms with van der Waals surface area (Å²) >= 11 is 0. The molecule has 0 aliphatic carbocycles. The molecule has 0 radical (unpaired) electrons. The van der Waals surface area contributed by atoms with Crippen LogP contribution in [0, 0.1) is 0 Å². The summed E-state index contributed by atoms with van der Waals surface area (Å²) in [4.78, 5) is 11.3. The molecule has 1 unspecified atom stereocenters. The molecule has 1 fully saturated rings. The Bertz CT molecular complexity index is 438. The van der Waals surface area contributed by atoms with E-state index in [4.69, 9.17) is 0 Å². The molecule has 2 N–H and O–H groups in total. The molecular formula is C16H28N4O. The monoisotopic (exact) mass is 292 g/mol. The first-order valence-electron chi connectivity index (χ1n) is 8.27. The average Bonchev–Trinajstić information content (AvgIpc) is 2.74. The minimum Gasteiger partial charge on any atom is -0.394 e. The minimum atomic E-state index is 0.187. The van der Waals surface area contributed by atoms with Crippen LogP contribution in [-0.2, 0) is 6.42 Å². The fraction of sp³-hybridized carbons (Fsp3) is 0.750. The number of anilines is 2. The fourth-order valence-corrected chi connectivity index (χ4v) is 3.10. The summed E-state index contributed by atoms with van der Waals surface area (Å²) < 4.78 is 0. The van der Waals surface area contributed by atoms with Gasteiger partial charge in [0.15, 0.2) is 0 Å². The summed E-state index contributed by atoms with van der Waals surface area (Å²) in [6, 6.07) is 0.187. The van der Waals surface area contributed by atoms with Crippen molar-refractivity contribution in [2.45, 2.75) is 58.4 Å². The van der Waals surface area contributed by atoms with Crippen molar-refractivity contribution in [3.05, 3.63) is 11.9 Å². The van der Waals surface area contributed by atoms with Gasteiger partial charge in [0.05, 0.1) is 12.6 Å². The quantitative estimate of drug-likeness (QED) is 0.844. The van der Waals surface area contributed by atoms with Gasteiger partial charge in [0.25, 0.3) is 0 Å². The third-order valence-corrected chi connectivity index (χ3v) is 4.13. The van der Waals surface area contributed by atoms with E-state index in [0.29, 0.717) is 0 Å². The Morgan fingerprint density at radius 3 is 2.86 bits per heavy atom. The number of nitrogens with one attached hydrogen (secondary N) is 1. The van der Waals surface area contributed by atoms with E-state index >= 15 is 0 Å².